The van der Waals surface area contributed by atoms with E-state index < -0.39 is 0 Å². The van der Waals surface area contributed by atoms with E-state index in [9.17, 15) is 0 Å². The summed E-state index contributed by atoms with van der Waals surface area (Å²) in [6, 6.07) is 2.00. The van der Waals surface area contributed by atoms with Crippen LogP contribution >= 0.6 is 0 Å². The van der Waals surface area contributed by atoms with Crippen molar-refractivity contribution in [1.82, 2.24) is 20.0 Å². The Balaban J connectivity index is 2.54. The van der Waals surface area contributed by atoms with E-state index in [-0.39, 0.29) is 0 Å². The summed E-state index contributed by atoms with van der Waals surface area (Å²) < 4.78 is 1.83. The Morgan fingerprint density at radius 3 is 2.57 bits per heavy atom. The smallest absolute Gasteiger partial charge is 0.148 e. The van der Waals surface area contributed by atoms with Gasteiger partial charge < -0.3 is 5.73 Å². The number of aryl methyl sites for hydroxylation is 2. The average Bonchev–Trinajstić information content (AvgIpc) is 2.61. The van der Waals surface area contributed by atoms with Crippen LogP contribution in [0.15, 0.2) is 6.07 Å². The van der Waals surface area contributed by atoms with Gasteiger partial charge in [-0.1, -0.05) is 0 Å². The molecule has 0 aliphatic rings. The SMILES string of the molecule is Cc1c(N)n[nH]c1-c1cc(C)n(C)n1. The summed E-state index contributed by atoms with van der Waals surface area (Å²) in [5.74, 6) is 0.531. The van der Waals surface area contributed by atoms with Gasteiger partial charge in [0.2, 0.25) is 0 Å². The van der Waals surface area contributed by atoms with Gasteiger partial charge in [-0.25, -0.2) is 0 Å². The number of aromatic nitrogens is 4. The molecule has 0 aliphatic heterocycles. The molecule has 0 unspecified atom stereocenters. The molecule has 2 aromatic heterocycles. The number of rotatable bonds is 1. The molecule has 0 radical (unpaired) electrons. The van der Waals surface area contributed by atoms with Crippen molar-refractivity contribution in [2.45, 2.75) is 13.8 Å². The van der Waals surface area contributed by atoms with Crippen LogP contribution in [0.5, 0.6) is 0 Å². The first kappa shape index (κ1) is 8.80. The lowest BCUT2D eigenvalue weighted by molar-refractivity contribution is 0.742. The first-order valence-electron chi connectivity index (χ1n) is 4.41. The van der Waals surface area contributed by atoms with Crippen LogP contribution in [0.2, 0.25) is 0 Å². The minimum Gasteiger partial charge on any atom is -0.382 e. The van der Waals surface area contributed by atoms with E-state index in [0.29, 0.717) is 5.82 Å². The number of hydrogen-bond acceptors (Lipinski definition) is 3. The molecule has 0 atom stereocenters. The van der Waals surface area contributed by atoms with Gasteiger partial charge in [-0.3, -0.25) is 9.78 Å². The molecule has 5 heteroatoms. The molecule has 2 rings (SSSR count). The lowest BCUT2D eigenvalue weighted by atomic mass is 10.2. The summed E-state index contributed by atoms with van der Waals surface area (Å²) in [5, 5.41) is 11.2. The first-order valence-corrected chi connectivity index (χ1v) is 4.41. The summed E-state index contributed by atoms with van der Waals surface area (Å²) in [6.45, 7) is 3.93. The fourth-order valence-electron chi connectivity index (χ4n) is 1.34. The van der Waals surface area contributed by atoms with Gasteiger partial charge in [0.15, 0.2) is 0 Å². The van der Waals surface area contributed by atoms with E-state index >= 15 is 0 Å². The van der Waals surface area contributed by atoms with Crippen molar-refractivity contribution in [2.75, 3.05) is 5.73 Å². The van der Waals surface area contributed by atoms with E-state index in [4.69, 9.17) is 5.73 Å². The van der Waals surface area contributed by atoms with Gasteiger partial charge >= 0.3 is 0 Å². The summed E-state index contributed by atoms with van der Waals surface area (Å²) in [4.78, 5) is 0. The molecule has 0 spiro atoms. The molecule has 2 heterocycles. The lowest BCUT2D eigenvalue weighted by Crippen LogP contribution is -1.92. The molecular weight excluding hydrogens is 178 g/mol. The molecule has 0 saturated heterocycles. The predicted molar refractivity (Wildman–Crippen MR) is 54.7 cm³/mol. The third-order valence-corrected chi connectivity index (χ3v) is 2.42. The van der Waals surface area contributed by atoms with Crippen molar-refractivity contribution in [1.29, 1.82) is 0 Å². The van der Waals surface area contributed by atoms with Crippen molar-refractivity contribution >= 4 is 5.82 Å². The minimum atomic E-state index is 0.531. The van der Waals surface area contributed by atoms with Gasteiger partial charge in [-0.15, -0.1) is 0 Å². The van der Waals surface area contributed by atoms with E-state index in [1.807, 2.05) is 31.6 Å². The molecule has 0 aliphatic carbocycles. The van der Waals surface area contributed by atoms with E-state index in [1.54, 1.807) is 0 Å². The molecule has 0 bridgehead atoms. The van der Waals surface area contributed by atoms with Crippen molar-refractivity contribution in [3.63, 3.8) is 0 Å². The van der Waals surface area contributed by atoms with Crippen LogP contribution in [0, 0.1) is 13.8 Å². The molecule has 5 nitrogen and oxygen atoms in total. The quantitative estimate of drug-likeness (QED) is 0.706. The summed E-state index contributed by atoms with van der Waals surface area (Å²) >= 11 is 0. The van der Waals surface area contributed by atoms with Gasteiger partial charge in [0, 0.05) is 18.3 Å². The molecule has 14 heavy (non-hydrogen) atoms. The fraction of sp³-hybridized carbons (Fsp3) is 0.333. The number of nitrogen functional groups attached to an aromatic ring is 1. The Bertz CT molecular complexity index is 446. The Morgan fingerprint density at radius 2 is 2.14 bits per heavy atom. The van der Waals surface area contributed by atoms with Crippen LogP contribution < -0.4 is 5.73 Å². The summed E-state index contributed by atoms with van der Waals surface area (Å²) in [5.41, 5.74) is 9.47. The van der Waals surface area contributed by atoms with Gasteiger partial charge in [0.05, 0.1) is 5.69 Å². The highest BCUT2D eigenvalue weighted by Gasteiger charge is 2.11. The Kier molecular flexibility index (Phi) is 1.80. The second-order valence-corrected chi connectivity index (χ2v) is 3.40. The standard InChI is InChI=1S/C9H13N5/c1-5-4-7(13-14(5)3)8-6(2)9(10)12-11-8/h4H,1-3H3,(H3,10,11,12). The van der Waals surface area contributed by atoms with Gasteiger partial charge in [0.1, 0.15) is 11.5 Å². The number of nitrogens with one attached hydrogen (secondary N) is 1. The van der Waals surface area contributed by atoms with Crippen LogP contribution in [0.25, 0.3) is 11.4 Å². The molecule has 74 valence electrons. The Morgan fingerprint density at radius 1 is 1.43 bits per heavy atom. The number of aromatic amines is 1. The van der Waals surface area contributed by atoms with Crippen LogP contribution in [0.1, 0.15) is 11.3 Å². The summed E-state index contributed by atoms with van der Waals surface area (Å²) in [6.07, 6.45) is 0. The van der Waals surface area contributed by atoms with Crippen LogP contribution in [0.4, 0.5) is 5.82 Å². The third kappa shape index (κ3) is 1.17. The van der Waals surface area contributed by atoms with E-state index in [1.165, 1.54) is 0 Å². The maximum Gasteiger partial charge on any atom is 0.148 e. The second-order valence-electron chi connectivity index (χ2n) is 3.40. The average molecular weight is 191 g/mol. The van der Waals surface area contributed by atoms with Crippen molar-refractivity contribution < 1.29 is 0 Å². The normalized spacial score (nSPS) is 10.8. The molecule has 2 aromatic rings. The zero-order valence-electron chi connectivity index (χ0n) is 8.50. The van der Waals surface area contributed by atoms with Gasteiger partial charge in [0.25, 0.3) is 0 Å². The molecule has 0 saturated carbocycles. The molecular formula is C9H13N5. The number of anilines is 1. The van der Waals surface area contributed by atoms with Crippen LogP contribution in [-0.2, 0) is 7.05 Å². The van der Waals surface area contributed by atoms with Crippen molar-refractivity contribution in [2.24, 2.45) is 7.05 Å². The first-order chi connectivity index (χ1) is 6.59. The Hall–Kier alpha value is -1.78. The summed E-state index contributed by atoms with van der Waals surface area (Å²) in [7, 11) is 1.91. The van der Waals surface area contributed by atoms with Crippen LogP contribution in [-0.4, -0.2) is 20.0 Å². The zero-order chi connectivity index (χ0) is 10.3. The number of hydrogen-bond donors (Lipinski definition) is 2. The maximum atomic E-state index is 5.65. The molecule has 3 N–H and O–H groups in total. The molecule has 0 fully saturated rings. The van der Waals surface area contributed by atoms with Crippen LogP contribution in [0.3, 0.4) is 0 Å². The van der Waals surface area contributed by atoms with E-state index in [0.717, 1.165) is 22.6 Å². The number of H-pyrrole nitrogens is 1. The third-order valence-electron chi connectivity index (χ3n) is 2.42. The highest BCUT2D eigenvalue weighted by atomic mass is 15.3. The Labute approximate surface area is 81.9 Å². The van der Waals surface area contributed by atoms with E-state index in [2.05, 4.69) is 15.3 Å². The lowest BCUT2D eigenvalue weighted by Gasteiger charge is -1.92. The van der Waals surface area contributed by atoms with Gasteiger partial charge in [-0.2, -0.15) is 10.2 Å². The molecule has 0 amide bonds. The second kappa shape index (κ2) is 2.87. The molecule has 0 aromatic carbocycles. The topological polar surface area (TPSA) is 72.5 Å². The zero-order valence-corrected chi connectivity index (χ0v) is 8.50. The highest BCUT2D eigenvalue weighted by Crippen LogP contribution is 2.23. The predicted octanol–water partition coefficient (Wildman–Crippen LogP) is 1.01. The van der Waals surface area contributed by atoms with Crippen molar-refractivity contribution in [3.8, 4) is 11.4 Å². The van der Waals surface area contributed by atoms with Gasteiger partial charge in [-0.05, 0) is 19.9 Å². The minimum absolute atomic E-state index is 0.531. The fourth-order valence-corrected chi connectivity index (χ4v) is 1.34. The largest absolute Gasteiger partial charge is 0.382 e. The number of nitrogens with two attached hydrogens (primary N) is 1. The van der Waals surface area contributed by atoms with Crippen molar-refractivity contribution in [3.05, 3.63) is 17.3 Å². The number of nitrogens with zero attached hydrogens (tertiary/aromatic N) is 3. The highest BCUT2D eigenvalue weighted by molar-refractivity contribution is 5.64. The monoisotopic (exact) mass is 191 g/mol. The maximum absolute atomic E-state index is 5.65.